The van der Waals surface area contributed by atoms with Crippen molar-refractivity contribution in [2.75, 3.05) is 7.11 Å². The number of nitrogens with zero attached hydrogens (tertiary/aromatic N) is 2. The number of hydrogen-bond donors (Lipinski definition) is 2. The first-order valence-electron chi connectivity index (χ1n) is 6.70. The number of methoxy groups -OCH3 is 1. The number of rotatable bonds is 3. The summed E-state index contributed by atoms with van der Waals surface area (Å²) in [5.41, 5.74) is 2.25. The van der Waals surface area contributed by atoms with Crippen LogP contribution in [0.25, 0.3) is 22.4 Å². The number of imidazole rings is 1. The summed E-state index contributed by atoms with van der Waals surface area (Å²) in [7, 11) is 1.61. The van der Waals surface area contributed by atoms with Crippen LogP contribution in [0, 0.1) is 0 Å². The molecule has 0 radical (unpaired) electrons. The highest BCUT2D eigenvalue weighted by atomic mass is 16.5. The zero-order valence-corrected chi connectivity index (χ0v) is 11.9. The van der Waals surface area contributed by atoms with Gasteiger partial charge >= 0.3 is 0 Å². The molecule has 0 aliphatic carbocycles. The smallest absolute Gasteiger partial charge is 0.145 e. The van der Waals surface area contributed by atoms with E-state index in [1.54, 1.807) is 7.11 Å². The second-order valence-corrected chi connectivity index (χ2v) is 4.74. The van der Waals surface area contributed by atoms with Gasteiger partial charge in [0.15, 0.2) is 0 Å². The fourth-order valence-corrected chi connectivity index (χ4v) is 2.47. The minimum Gasteiger partial charge on any atom is -0.508 e. The first-order valence-corrected chi connectivity index (χ1v) is 6.70. The Kier molecular flexibility index (Phi) is 3.17. The van der Waals surface area contributed by atoms with Gasteiger partial charge in [-0.1, -0.05) is 0 Å². The lowest BCUT2D eigenvalue weighted by atomic mass is 10.1. The molecule has 0 aliphatic heterocycles. The van der Waals surface area contributed by atoms with Crippen molar-refractivity contribution in [1.29, 1.82) is 0 Å². The first kappa shape index (κ1) is 13.3. The Morgan fingerprint density at radius 3 is 2.67 bits per heavy atom. The molecule has 0 saturated heterocycles. The zero-order chi connectivity index (χ0) is 15.0. The van der Waals surface area contributed by atoms with Gasteiger partial charge in [-0.2, -0.15) is 0 Å². The van der Waals surface area contributed by atoms with Crippen LogP contribution < -0.4 is 4.74 Å². The average Bonchev–Trinajstić information content (AvgIpc) is 2.86. The fourth-order valence-electron chi connectivity index (χ4n) is 2.47. The number of aromatic nitrogens is 2. The molecular formula is C16H16N2O3. The number of aromatic hydroxyl groups is 2. The molecule has 5 heteroatoms. The number of phenols is 2. The van der Waals surface area contributed by atoms with Crippen molar-refractivity contribution in [1.82, 2.24) is 9.55 Å². The molecule has 3 rings (SSSR count). The highest BCUT2D eigenvalue weighted by molar-refractivity contribution is 5.83. The number of ether oxygens (including phenoxy) is 1. The normalized spacial score (nSPS) is 11.0. The molecule has 2 N–H and O–H groups in total. The zero-order valence-electron chi connectivity index (χ0n) is 11.9. The molecule has 108 valence electrons. The van der Waals surface area contributed by atoms with Crippen molar-refractivity contribution < 1.29 is 14.9 Å². The summed E-state index contributed by atoms with van der Waals surface area (Å²) in [6.45, 7) is 2.71. The van der Waals surface area contributed by atoms with Gasteiger partial charge in [-0.05, 0) is 37.3 Å². The van der Waals surface area contributed by atoms with E-state index in [1.807, 2.05) is 29.7 Å². The van der Waals surface area contributed by atoms with E-state index < -0.39 is 0 Å². The van der Waals surface area contributed by atoms with Crippen LogP contribution in [-0.4, -0.2) is 26.9 Å². The molecule has 0 aliphatic rings. The number of benzene rings is 2. The third kappa shape index (κ3) is 2.16. The lowest BCUT2D eigenvalue weighted by Crippen LogP contribution is -1.97. The van der Waals surface area contributed by atoms with Gasteiger partial charge in [0.05, 0.1) is 23.7 Å². The van der Waals surface area contributed by atoms with E-state index in [0.29, 0.717) is 17.9 Å². The second kappa shape index (κ2) is 5.01. The lowest BCUT2D eigenvalue weighted by molar-refractivity contribution is 0.415. The molecule has 1 heterocycles. The number of phenolic OH excluding ortho intramolecular Hbond substituents is 2. The predicted molar refractivity (Wildman–Crippen MR) is 80.7 cm³/mol. The molecule has 0 unspecified atom stereocenters. The largest absolute Gasteiger partial charge is 0.508 e. The average molecular weight is 284 g/mol. The summed E-state index contributed by atoms with van der Waals surface area (Å²) in [6, 6.07) is 10.1. The van der Waals surface area contributed by atoms with E-state index in [-0.39, 0.29) is 11.5 Å². The summed E-state index contributed by atoms with van der Waals surface area (Å²) in [6.07, 6.45) is 0. The van der Waals surface area contributed by atoms with Crippen molar-refractivity contribution in [2.45, 2.75) is 13.5 Å². The Morgan fingerprint density at radius 1 is 1.14 bits per heavy atom. The molecule has 1 aromatic heterocycles. The summed E-state index contributed by atoms with van der Waals surface area (Å²) in [5, 5.41) is 19.7. The van der Waals surface area contributed by atoms with Crippen molar-refractivity contribution in [3.05, 3.63) is 36.4 Å². The molecule has 21 heavy (non-hydrogen) atoms. The molecule has 2 aromatic carbocycles. The quantitative estimate of drug-likeness (QED) is 0.725. The van der Waals surface area contributed by atoms with Gasteiger partial charge in [-0.3, -0.25) is 0 Å². The van der Waals surface area contributed by atoms with Crippen LogP contribution in [0.5, 0.6) is 17.2 Å². The van der Waals surface area contributed by atoms with Crippen molar-refractivity contribution in [3.63, 3.8) is 0 Å². The van der Waals surface area contributed by atoms with E-state index in [2.05, 4.69) is 4.98 Å². The summed E-state index contributed by atoms with van der Waals surface area (Å²) >= 11 is 0. The lowest BCUT2D eigenvalue weighted by Gasteiger charge is -2.08. The van der Waals surface area contributed by atoms with Gasteiger partial charge in [-0.25, -0.2) is 4.98 Å². The van der Waals surface area contributed by atoms with Crippen LogP contribution >= 0.6 is 0 Å². The van der Waals surface area contributed by atoms with E-state index in [1.165, 1.54) is 18.2 Å². The highest BCUT2D eigenvalue weighted by Crippen LogP contribution is 2.34. The van der Waals surface area contributed by atoms with Crippen molar-refractivity contribution >= 4 is 11.0 Å². The van der Waals surface area contributed by atoms with E-state index in [9.17, 15) is 10.2 Å². The standard InChI is InChI=1S/C16H16N2O3/c1-3-18-14-6-5-11(21-2)9-13(14)17-16(18)12-8-10(19)4-7-15(12)20/h4-9,19-20H,3H2,1-2H3. The van der Waals surface area contributed by atoms with Crippen molar-refractivity contribution in [3.8, 4) is 28.6 Å². The number of hydrogen-bond acceptors (Lipinski definition) is 4. The summed E-state index contributed by atoms with van der Waals surface area (Å²) in [5.74, 6) is 1.53. The minimum atomic E-state index is 0.0878. The van der Waals surface area contributed by atoms with Gasteiger partial charge in [0.25, 0.3) is 0 Å². The highest BCUT2D eigenvalue weighted by Gasteiger charge is 2.15. The van der Waals surface area contributed by atoms with Gasteiger partial charge in [0.1, 0.15) is 23.1 Å². The van der Waals surface area contributed by atoms with E-state index in [0.717, 1.165) is 16.8 Å². The Hall–Kier alpha value is -2.69. The predicted octanol–water partition coefficient (Wildman–Crippen LogP) is 3.14. The Morgan fingerprint density at radius 2 is 1.95 bits per heavy atom. The van der Waals surface area contributed by atoms with Crippen LogP contribution in [0.2, 0.25) is 0 Å². The summed E-state index contributed by atoms with van der Waals surface area (Å²) in [4.78, 5) is 4.58. The molecular weight excluding hydrogens is 268 g/mol. The molecule has 0 bridgehead atoms. The van der Waals surface area contributed by atoms with Crippen LogP contribution in [0.3, 0.4) is 0 Å². The third-order valence-electron chi connectivity index (χ3n) is 3.49. The van der Waals surface area contributed by atoms with Gasteiger partial charge in [-0.15, -0.1) is 0 Å². The van der Waals surface area contributed by atoms with Gasteiger partial charge < -0.3 is 19.5 Å². The molecule has 0 fully saturated rings. The minimum absolute atomic E-state index is 0.0878. The molecule has 0 spiro atoms. The molecule has 0 amide bonds. The number of aryl methyl sites for hydroxylation is 1. The van der Waals surface area contributed by atoms with Gasteiger partial charge in [0, 0.05) is 12.6 Å². The summed E-state index contributed by atoms with van der Waals surface area (Å²) < 4.78 is 7.20. The third-order valence-corrected chi connectivity index (χ3v) is 3.49. The Balaban J connectivity index is 2.29. The maximum Gasteiger partial charge on any atom is 0.145 e. The Labute approximate surface area is 122 Å². The topological polar surface area (TPSA) is 67.5 Å². The fraction of sp³-hybridized carbons (Fsp3) is 0.188. The Bertz CT molecular complexity index is 809. The van der Waals surface area contributed by atoms with E-state index in [4.69, 9.17) is 4.74 Å². The second-order valence-electron chi connectivity index (χ2n) is 4.74. The van der Waals surface area contributed by atoms with Crippen LogP contribution in [-0.2, 0) is 6.54 Å². The SMILES string of the molecule is CCn1c(-c2cc(O)ccc2O)nc2cc(OC)ccc21. The van der Waals surface area contributed by atoms with Crippen LogP contribution in [0.1, 0.15) is 6.92 Å². The monoisotopic (exact) mass is 284 g/mol. The van der Waals surface area contributed by atoms with Crippen molar-refractivity contribution in [2.24, 2.45) is 0 Å². The van der Waals surface area contributed by atoms with Crippen LogP contribution in [0.4, 0.5) is 0 Å². The van der Waals surface area contributed by atoms with Gasteiger partial charge in [0.2, 0.25) is 0 Å². The maximum absolute atomic E-state index is 10.0. The first-order chi connectivity index (χ1) is 10.1. The number of fused-ring (bicyclic) bond motifs is 1. The van der Waals surface area contributed by atoms with E-state index >= 15 is 0 Å². The molecule has 3 aromatic rings. The molecule has 0 saturated carbocycles. The van der Waals surface area contributed by atoms with Crippen LogP contribution in [0.15, 0.2) is 36.4 Å². The molecule has 5 nitrogen and oxygen atoms in total. The molecule has 0 atom stereocenters. The maximum atomic E-state index is 10.0.